The molecule has 1 aliphatic rings. The van der Waals surface area contributed by atoms with Gasteiger partial charge in [-0.25, -0.2) is 9.59 Å². The molecule has 2 aromatic heterocycles. The molecule has 1 N–H and O–H groups in total. The number of para-hydroxylation sites is 1. The number of fused-ring (bicyclic) bond motifs is 4. The Balaban J connectivity index is 1.77. The van der Waals surface area contributed by atoms with E-state index < -0.39 is 29.2 Å². The first-order chi connectivity index (χ1) is 15.5. The van der Waals surface area contributed by atoms with Gasteiger partial charge in [0.2, 0.25) is 6.10 Å². The maximum atomic E-state index is 13.1. The zero-order chi connectivity index (χ0) is 22.4. The Labute approximate surface area is 181 Å². The Morgan fingerprint density at radius 1 is 1.12 bits per heavy atom. The Hall–Kier alpha value is -4.07. The lowest BCUT2D eigenvalue weighted by molar-refractivity contribution is -0.151. The number of carbonyl (C=O) groups is 1. The highest BCUT2D eigenvalue weighted by Crippen LogP contribution is 2.44. The van der Waals surface area contributed by atoms with Crippen molar-refractivity contribution in [3.63, 3.8) is 0 Å². The molecule has 8 nitrogen and oxygen atoms in total. The molecule has 2 unspecified atom stereocenters. The number of nitrogens with one attached hydrogen (secondary N) is 1. The van der Waals surface area contributed by atoms with Gasteiger partial charge >= 0.3 is 11.6 Å². The summed E-state index contributed by atoms with van der Waals surface area (Å²) in [6.07, 6.45) is -1.20. The van der Waals surface area contributed by atoms with Gasteiger partial charge in [0, 0.05) is 11.6 Å². The summed E-state index contributed by atoms with van der Waals surface area (Å²) < 4.78 is 21.9. The van der Waals surface area contributed by atoms with Gasteiger partial charge in [0.1, 0.15) is 17.1 Å². The van der Waals surface area contributed by atoms with Crippen LogP contribution in [0.3, 0.4) is 0 Å². The van der Waals surface area contributed by atoms with E-state index in [9.17, 15) is 14.4 Å². The fourth-order valence-corrected chi connectivity index (χ4v) is 4.16. The molecule has 0 saturated carbocycles. The monoisotopic (exact) mass is 433 g/mol. The van der Waals surface area contributed by atoms with Crippen LogP contribution < -0.4 is 20.7 Å². The smallest absolute Gasteiger partial charge is 0.348 e. The van der Waals surface area contributed by atoms with Crippen LogP contribution in [0.2, 0.25) is 0 Å². The lowest BCUT2D eigenvalue weighted by atomic mass is 9.88. The first-order valence-corrected chi connectivity index (χ1v) is 10.1. The predicted octanol–water partition coefficient (Wildman–Crippen LogP) is 3.10. The number of H-pyrrole nitrogens is 1. The number of ether oxygens (including phenoxy) is 3. The number of pyridine rings is 1. The van der Waals surface area contributed by atoms with E-state index in [2.05, 4.69) is 4.98 Å². The van der Waals surface area contributed by atoms with Crippen molar-refractivity contribution in [2.24, 2.45) is 0 Å². The summed E-state index contributed by atoms with van der Waals surface area (Å²) in [5.41, 5.74) is 0.121. The lowest BCUT2D eigenvalue weighted by Gasteiger charge is -2.17. The highest BCUT2D eigenvalue weighted by Gasteiger charge is 2.46. The molecule has 3 heterocycles. The average Bonchev–Trinajstić information content (AvgIpc) is 3.20. The molecule has 2 atom stereocenters. The SMILES string of the molecule is CCOC(=O)C1Oc2c(c(=O)oc3ccccc23)C1c1cc2ccc(OC)cc2[nH]c1=O. The maximum absolute atomic E-state index is 13.1. The molecule has 0 radical (unpaired) electrons. The molecule has 8 heteroatoms. The zero-order valence-electron chi connectivity index (χ0n) is 17.3. The van der Waals surface area contributed by atoms with Gasteiger partial charge in [-0.05, 0) is 42.6 Å². The fraction of sp³-hybridized carbons (Fsp3) is 0.208. The van der Waals surface area contributed by atoms with E-state index in [4.69, 9.17) is 18.6 Å². The van der Waals surface area contributed by atoms with E-state index in [1.807, 2.05) is 0 Å². The molecule has 0 saturated heterocycles. The van der Waals surface area contributed by atoms with Crippen LogP contribution in [-0.2, 0) is 9.53 Å². The van der Waals surface area contributed by atoms with Gasteiger partial charge in [-0.3, -0.25) is 4.79 Å². The van der Waals surface area contributed by atoms with Crippen molar-refractivity contribution in [3.8, 4) is 11.5 Å². The van der Waals surface area contributed by atoms with Crippen molar-refractivity contribution < 1.29 is 23.4 Å². The summed E-state index contributed by atoms with van der Waals surface area (Å²) in [5, 5.41) is 1.25. The van der Waals surface area contributed by atoms with Crippen LogP contribution in [0.25, 0.3) is 21.9 Å². The Kier molecular flexibility index (Phi) is 4.70. The van der Waals surface area contributed by atoms with E-state index in [-0.39, 0.29) is 23.5 Å². The predicted molar refractivity (Wildman–Crippen MR) is 116 cm³/mol. The van der Waals surface area contributed by atoms with Gasteiger partial charge in [0.15, 0.2) is 0 Å². The average molecular weight is 433 g/mol. The van der Waals surface area contributed by atoms with Crippen molar-refractivity contribution in [2.75, 3.05) is 13.7 Å². The minimum absolute atomic E-state index is 0.125. The molecule has 32 heavy (non-hydrogen) atoms. The summed E-state index contributed by atoms with van der Waals surface area (Å²) in [6.45, 7) is 1.81. The van der Waals surface area contributed by atoms with Crippen molar-refractivity contribution in [3.05, 3.63) is 80.4 Å². The van der Waals surface area contributed by atoms with E-state index in [1.54, 1.807) is 55.5 Å². The normalized spacial score (nSPS) is 17.2. The maximum Gasteiger partial charge on any atom is 0.348 e. The molecular formula is C24H19NO7. The molecule has 0 fully saturated rings. The third-order valence-electron chi connectivity index (χ3n) is 5.59. The Morgan fingerprint density at radius 2 is 1.94 bits per heavy atom. The van der Waals surface area contributed by atoms with E-state index >= 15 is 0 Å². The molecule has 5 rings (SSSR count). The number of hydrogen-bond donors (Lipinski definition) is 1. The molecular weight excluding hydrogens is 414 g/mol. The number of esters is 1. The van der Waals surface area contributed by atoms with E-state index in [0.717, 1.165) is 0 Å². The first kappa shape index (κ1) is 19.9. The topological polar surface area (TPSA) is 108 Å². The van der Waals surface area contributed by atoms with Crippen LogP contribution in [0.4, 0.5) is 0 Å². The summed E-state index contributed by atoms with van der Waals surface area (Å²) in [7, 11) is 1.54. The van der Waals surface area contributed by atoms with Gasteiger partial charge < -0.3 is 23.6 Å². The molecule has 4 aromatic rings. The quantitative estimate of drug-likeness (QED) is 0.389. The molecule has 0 amide bonds. The standard InChI is InChI=1S/C24H19NO7/c1-3-30-24(28)21-18(15-10-12-8-9-13(29-2)11-16(12)25-22(15)26)19-20(32-21)14-6-4-5-7-17(14)31-23(19)27/h4-11,18,21H,3H2,1-2H3,(H,25,26). The number of hydrogen-bond acceptors (Lipinski definition) is 7. The number of aromatic nitrogens is 1. The van der Waals surface area contributed by atoms with Crippen molar-refractivity contribution in [1.82, 2.24) is 4.98 Å². The van der Waals surface area contributed by atoms with Crippen molar-refractivity contribution >= 4 is 27.8 Å². The van der Waals surface area contributed by atoms with Gasteiger partial charge in [-0.2, -0.15) is 0 Å². The minimum atomic E-state index is -1.20. The second kappa shape index (κ2) is 7.56. The van der Waals surface area contributed by atoms with Crippen molar-refractivity contribution in [1.29, 1.82) is 0 Å². The summed E-state index contributed by atoms with van der Waals surface area (Å²) in [5.74, 6) is -0.826. The van der Waals surface area contributed by atoms with Crippen LogP contribution in [0, 0.1) is 0 Å². The minimum Gasteiger partial charge on any atom is -0.497 e. The van der Waals surface area contributed by atoms with Gasteiger partial charge in [-0.1, -0.05) is 12.1 Å². The third kappa shape index (κ3) is 3.03. The van der Waals surface area contributed by atoms with Crippen LogP contribution in [0.5, 0.6) is 11.5 Å². The van der Waals surface area contributed by atoms with Crippen LogP contribution in [0.1, 0.15) is 24.0 Å². The molecule has 0 spiro atoms. The van der Waals surface area contributed by atoms with Crippen LogP contribution in [-0.4, -0.2) is 30.8 Å². The zero-order valence-corrected chi connectivity index (χ0v) is 17.3. The molecule has 2 aromatic carbocycles. The second-order valence-corrected chi connectivity index (χ2v) is 7.40. The molecule has 162 valence electrons. The van der Waals surface area contributed by atoms with E-state index in [0.29, 0.717) is 27.6 Å². The second-order valence-electron chi connectivity index (χ2n) is 7.40. The summed E-state index contributed by atoms with van der Waals surface area (Å²) in [6, 6.07) is 13.8. The van der Waals surface area contributed by atoms with Crippen LogP contribution in [0.15, 0.2) is 62.5 Å². The summed E-state index contributed by atoms with van der Waals surface area (Å²) >= 11 is 0. The van der Waals surface area contributed by atoms with Gasteiger partial charge in [0.05, 0.1) is 36.1 Å². The number of methoxy groups -OCH3 is 1. The third-order valence-corrected chi connectivity index (χ3v) is 5.59. The fourth-order valence-electron chi connectivity index (χ4n) is 4.16. The first-order valence-electron chi connectivity index (χ1n) is 10.1. The number of rotatable bonds is 4. The highest BCUT2D eigenvalue weighted by molar-refractivity contribution is 5.89. The van der Waals surface area contributed by atoms with Gasteiger partial charge in [0.25, 0.3) is 5.56 Å². The number of aromatic amines is 1. The molecule has 0 aliphatic carbocycles. The van der Waals surface area contributed by atoms with Crippen molar-refractivity contribution in [2.45, 2.75) is 18.9 Å². The Bertz CT molecular complexity index is 1480. The number of benzene rings is 2. The molecule has 1 aliphatic heterocycles. The molecule has 0 bridgehead atoms. The largest absolute Gasteiger partial charge is 0.497 e. The van der Waals surface area contributed by atoms with Gasteiger partial charge in [-0.15, -0.1) is 0 Å². The summed E-state index contributed by atoms with van der Waals surface area (Å²) in [4.78, 5) is 41.7. The highest BCUT2D eigenvalue weighted by atomic mass is 16.6. The number of carbonyl (C=O) groups excluding carboxylic acids is 1. The lowest BCUT2D eigenvalue weighted by Crippen LogP contribution is -2.35. The Morgan fingerprint density at radius 3 is 2.72 bits per heavy atom. The van der Waals surface area contributed by atoms with Crippen LogP contribution >= 0.6 is 0 Å². The van der Waals surface area contributed by atoms with E-state index in [1.165, 1.54) is 7.11 Å².